The number of carbonyl (C=O) groups excluding carboxylic acids is 1. The summed E-state index contributed by atoms with van der Waals surface area (Å²) >= 11 is 0. The molecular formula is C12H19N3O3. The topological polar surface area (TPSA) is 96.6 Å². The van der Waals surface area contributed by atoms with Crippen molar-refractivity contribution in [1.82, 2.24) is 10.6 Å². The third-order valence-electron chi connectivity index (χ3n) is 2.58. The first-order valence-corrected chi connectivity index (χ1v) is 5.68. The number of hydrogen-bond acceptors (Lipinski definition) is 4. The van der Waals surface area contributed by atoms with E-state index in [4.69, 9.17) is 10.5 Å². The zero-order chi connectivity index (χ0) is 13.5. The molecule has 0 spiro atoms. The highest BCUT2D eigenvalue weighted by Gasteiger charge is 2.10. The molecule has 2 amide bonds. The summed E-state index contributed by atoms with van der Waals surface area (Å²) in [6.45, 7) is 2.91. The molecular weight excluding hydrogens is 234 g/mol. The van der Waals surface area contributed by atoms with E-state index in [0.717, 1.165) is 5.56 Å². The van der Waals surface area contributed by atoms with E-state index in [1.165, 1.54) is 0 Å². The molecule has 1 atom stereocenters. The molecule has 1 aromatic carbocycles. The lowest BCUT2D eigenvalue weighted by Gasteiger charge is -2.16. The minimum atomic E-state index is -0.548. The van der Waals surface area contributed by atoms with Crippen LogP contribution in [0.3, 0.4) is 0 Å². The number of hydrogen-bond donors (Lipinski definition) is 4. The van der Waals surface area contributed by atoms with E-state index in [1.54, 1.807) is 25.3 Å². The van der Waals surface area contributed by atoms with Gasteiger partial charge in [0, 0.05) is 24.7 Å². The first-order valence-electron chi connectivity index (χ1n) is 5.68. The molecule has 0 aliphatic rings. The Bertz CT molecular complexity index is 410. The smallest absolute Gasteiger partial charge is 0.312 e. The van der Waals surface area contributed by atoms with Gasteiger partial charge in [0.2, 0.25) is 0 Å². The first-order chi connectivity index (χ1) is 8.54. The molecule has 0 aliphatic carbocycles. The van der Waals surface area contributed by atoms with Crippen LogP contribution in [0.5, 0.6) is 11.5 Å². The number of nitrogens with two attached hydrogens (primary N) is 1. The van der Waals surface area contributed by atoms with Gasteiger partial charge in [-0.15, -0.1) is 0 Å². The number of ether oxygens (including phenoxy) is 1. The van der Waals surface area contributed by atoms with Crippen LogP contribution < -0.4 is 21.1 Å². The molecule has 6 nitrogen and oxygen atoms in total. The molecule has 0 aromatic heterocycles. The molecule has 1 aromatic rings. The van der Waals surface area contributed by atoms with Crippen molar-refractivity contribution in [3.63, 3.8) is 0 Å². The van der Waals surface area contributed by atoms with Gasteiger partial charge in [-0.3, -0.25) is 0 Å². The molecule has 0 aliphatic heterocycles. The minimum absolute atomic E-state index is 0.0604. The van der Waals surface area contributed by atoms with Gasteiger partial charge in [-0.05, 0) is 25.1 Å². The molecule has 1 rings (SSSR count). The zero-order valence-corrected chi connectivity index (χ0v) is 10.6. The van der Waals surface area contributed by atoms with Gasteiger partial charge in [0.05, 0.1) is 7.11 Å². The van der Waals surface area contributed by atoms with E-state index in [9.17, 15) is 9.90 Å². The van der Waals surface area contributed by atoms with Crippen molar-refractivity contribution in [2.24, 2.45) is 5.73 Å². The summed E-state index contributed by atoms with van der Waals surface area (Å²) in [5, 5.41) is 15.4. The average Bonchev–Trinajstić information content (AvgIpc) is 2.34. The molecule has 0 heterocycles. The fourth-order valence-electron chi connectivity index (χ4n) is 1.59. The molecule has 6 heteroatoms. The number of phenols is 1. The Morgan fingerprint density at radius 3 is 2.83 bits per heavy atom. The Balaban J connectivity index is 2.55. The largest absolute Gasteiger partial charge is 0.508 e. The average molecular weight is 253 g/mol. The van der Waals surface area contributed by atoms with Crippen molar-refractivity contribution in [3.05, 3.63) is 23.8 Å². The minimum Gasteiger partial charge on any atom is -0.508 e. The lowest BCUT2D eigenvalue weighted by Crippen LogP contribution is -2.36. The number of aromatic hydroxyl groups is 1. The van der Waals surface area contributed by atoms with Crippen molar-refractivity contribution in [3.8, 4) is 11.5 Å². The lowest BCUT2D eigenvalue weighted by molar-refractivity contribution is 0.249. The Kier molecular flexibility index (Phi) is 5.26. The van der Waals surface area contributed by atoms with E-state index in [1.807, 2.05) is 6.92 Å². The predicted octanol–water partition coefficient (Wildman–Crippen LogP) is 0.720. The molecule has 5 N–H and O–H groups in total. The van der Waals surface area contributed by atoms with Gasteiger partial charge < -0.3 is 26.2 Å². The number of carbonyl (C=O) groups is 1. The molecule has 0 radical (unpaired) electrons. The highest BCUT2D eigenvalue weighted by Crippen LogP contribution is 2.27. The highest BCUT2D eigenvalue weighted by molar-refractivity contribution is 5.71. The van der Waals surface area contributed by atoms with Gasteiger partial charge in [0.1, 0.15) is 11.5 Å². The number of amides is 2. The Labute approximate surface area is 106 Å². The Morgan fingerprint density at radius 1 is 1.50 bits per heavy atom. The third kappa shape index (κ3) is 4.14. The fourth-order valence-corrected chi connectivity index (χ4v) is 1.59. The second-order valence-electron chi connectivity index (χ2n) is 3.89. The van der Waals surface area contributed by atoms with Gasteiger partial charge in [-0.25, -0.2) is 4.79 Å². The van der Waals surface area contributed by atoms with Gasteiger partial charge in [0.25, 0.3) is 0 Å². The van der Waals surface area contributed by atoms with Crippen molar-refractivity contribution in [1.29, 1.82) is 0 Å². The predicted molar refractivity (Wildman–Crippen MR) is 68.7 cm³/mol. The van der Waals surface area contributed by atoms with Gasteiger partial charge >= 0.3 is 6.03 Å². The quantitative estimate of drug-likeness (QED) is 0.562. The lowest BCUT2D eigenvalue weighted by atomic mass is 10.1. The Hall–Kier alpha value is -1.95. The van der Waals surface area contributed by atoms with Gasteiger partial charge in [-0.2, -0.15) is 0 Å². The summed E-state index contributed by atoms with van der Waals surface area (Å²) < 4.78 is 5.10. The first kappa shape index (κ1) is 14.1. The summed E-state index contributed by atoms with van der Waals surface area (Å²) in [5.74, 6) is 0.894. The van der Waals surface area contributed by atoms with Crippen molar-refractivity contribution in [2.75, 3.05) is 20.2 Å². The van der Waals surface area contributed by atoms with Crippen molar-refractivity contribution < 1.29 is 14.6 Å². The van der Waals surface area contributed by atoms with E-state index < -0.39 is 6.03 Å². The maximum atomic E-state index is 10.5. The van der Waals surface area contributed by atoms with E-state index in [2.05, 4.69) is 10.6 Å². The van der Waals surface area contributed by atoms with E-state index >= 15 is 0 Å². The number of methoxy groups -OCH3 is 1. The van der Waals surface area contributed by atoms with Crippen LogP contribution >= 0.6 is 0 Å². The van der Waals surface area contributed by atoms with E-state index in [0.29, 0.717) is 18.8 Å². The third-order valence-corrected chi connectivity index (χ3v) is 2.58. The van der Waals surface area contributed by atoms with Gasteiger partial charge in [0.15, 0.2) is 0 Å². The molecule has 18 heavy (non-hydrogen) atoms. The fraction of sp³-hybridized carbons (Fsp3) is 0.417. The second-order valence-corrected chi connectivity index (χ2v) is 3.89. The van der Waals surface area contributed by atoms with Gasteiger partial charge in [-0.1, -0.05) is 0 Å². The van der Waals surface area contributed by atoms with Crippen LogP contribution in [0.1, 0.15) is 18.5 Å². The number of benzene rings is 1. The van der Waals surface area contributed by atoms with Crippen LogP contribution in [-0.2, 0) is 0 Å². The highest BCUT2D eigenvalue weighted by atomic mass is 16.5. The maximum Gasteiger partial charge on any atom is 0.312 e. The summed E-state index contributed by atoms with van der Waals surface area (Å²) in [5.41, 5.74) is 5.69. The molecule has 0 saturated carbocycles. The number of urea groups is 1. The molecule has 0 fully saturated rings. The summed E-state index contributed by atoms with van der Waals surface area (Å²) in [4.78, 5) is 10.5. The standard InChI is InChI=1S/C12H19N3O3/c1-8(14-5-6-15-12(13)17)10-7-9(18-2)3-4-11(10)16/h3-4,7-8,14,16H,5-6H2,1-2H3,(H3,13,15,17). The number of rotatable bonds is 6. The number of primary amides is 1. The van der Waals surface area contributed by atoms with Crippen LogP contribution in [0.15, 0.2) is 18.2 Å². The summed E-state index contributed by atoms with van der Waals surface area (Å²) in [6, 6.07) is 4.45. The maximum absolute atomic E-state index is 10.5. The molecule has 100 valence electrons. The number of phenolic OH excluding ortho intramolecular Hbond substituents is 1. The molecule has 0 saturated heterocycles. The molecule has 1 unspecified atom stereocenters. The van der Waals surface area contributed by atoms with E-state index in [-0.39, 0.29) is 11.8 Å². The van der Waals surface area contributed by atoms with Crippen LogP contribution in [0.25, 0.3) is 0 Å². The number of nitrogens with one attached hydrogen (secondary N) is 2. The summed E-state index contributed by atoms with van der Waals surface area (Å²) in [7, 11) is 1.57. The van der Waals surface area contributed by atoms with Crippen molar-refractivity contribution >= 4 is 6.03 Å². The van der Waals surface area contributed by atoms with Crippen LogP contribution in [0.2, 0.25) is 0 Å². The van der Waals surface area contributed by atoms with Crippen molar-refractivity contribution in [2.45, 2.75) is 13.0 Å². The van der Waals surface area contributed by atoms with Crippen LogP contribution in [0.4, 0.5) is 4.79 Å². The molecule has 0 bridgehead atoms. The SMILES string of the molecule is COc1ccc(O)c(C(C)NCCNC(N)=O)c1. The zero-order valence-electron chi connectivity index (χ0n) is 10.6. The Morgan fingerprint density at radius 2 is 2.22 bits per heavy atom. The monoisotopic (exact) mass is 253 g/mol. The normalized spacial score (nSPS) is 11.9. The van der Waals surface area contributed by atoms with Crippen LogP contribution in [0, 0.1) is 0 Å². The van der Waals surface area contributed by atoms with Crippen LogP contribution in [-0.4, -0.2) is 31.3 Å². The second kappa shape index (κ2) is 6.70. The summed E-state index contributed by atoms with van der Waals surface area (Å²) in [6.07, 6.45) is 0.